The van der Waals surface area contributed by atoms with E-state index >= 15 is 0 Å². The van der Waals surface area contributed by atoms with E-state index in [1.165, 1.54) is 257 Å². The number of aliphatic hydroxyl groups excluding tert-OH is 1. The summed E-state index contributed by atoms with van der Waals surface area (Å²) in [5.41, 5.74) is 0. The number of rotatable bonds is 82. The molecule has 0 aliphatic heterocycles. The minimum absolute atomic E-state index is 0.107. The molecule has 0 aliphatic carbocycles. The van der Waals surface area contributed by atoms with Gasteiger partial charge in [0.25, 0.3) is 0 Å². The molecule has 0 heterocycles. The second-order valence-corrected chi connectivity index (χ2v) is 32.9. The largest absolute Gasteiger partial charge is 0.472 e. The summed E-state index contributed by atoms with van der Waals surface area (Å²) in [5.74, 6) is -1.43. The first kappa shape index (κ1) is 99.1. The van der Waals surface area contributed by atoms with E-state index in [4.69, 9.17) is 37.0 Å². The predicted molar refractivity (Wildman–Crippen MR) is 414 cm³/mol. The van der Waals surface area contributed by atoms with Gasteiger partial charge in [0.15, 0.2) is 12.2 Å². The highest BCUT2D eigenvalue weighted by molar-refractivity contribution is 7.47. The summed E-state index contributed by atoms with van der Waals surface area (Å²) in [7, 11) is -9.92. The van der Waals surface area contributed by atoms with Crippen molar-refractivity contribution in [3.8, 4) is 0 Å². The van der Waals surface area contributed by atoms with Crippen molar-refractivity contribution >= 4 is 39.5 Å². The number of ether oxygens (including phenoxy) is 4. The molecule has 0 amide bonds. The van der Waals surface area contributed by atoms with Gasteiger partial charge in [-0.2, -0.15) is 0 Å². The Morgan fingerprint density at radius 3 is 0.673 bits per heavy atom. The van der Waals surface area contributed by atoms with Crippen molar-refractivity contribution in [3.05, 3.63) is 0 Å². The Bertz CT molecular complexity index is 1930. The van der Waals surface area contributed by atoms with Crippen molar-refractivity contribution in [1.29, 1.82) is 0 Å². The molecule has 17 nitrogen and oxygen atoms in total. The molecule has 0 bridgehead atoms. The summed E-state index contributed by atoms with van der Waals surface area (Å²) in [4.78, 5) is 73.0. The van der Waals surface area contributed by atoms with Crippen LogP contribution in [0.25, 0.3) is 0 Å². The highest BCUT2D eigenvalue weighted by Crippen LogP contribution is 2.45. The number of carbonyl (C=O) groups is 4. The molecular formula is C82H160O17P2. The standard InChI is InChI=1S/C82H160O17P2/c1-6-9-12-15-18-21-24-27-29-31-33-35-37-39-42-45-48-51-58-63-68-81(86)98-77(71-92-79(84)65-60-55-49-46-43-41-38-36-34-32-30-28-25-22-19-16-13-10-7-2)73-96-100(88,89)94-69-76(83)70-95-101(90,91)97-74-78(72-93-80(85)66-61-56-53-52-54-59-64-75(4)5)99-82(87)67-62-57-50-47-44-40-26-23-20-17-14-11-8-3/h75-78,83H,6-74H2,1-5H3,(H,88,89)(H,90,91)/t76-,77-,78-/m1/s1. The van der Waals surface area contributed by atoms with E-state index in [-0.39, 0.29) is 25.7 Å². The Hall–Kier alpha value is -1.94. The average molecular weight is 1480 g/mol. The van der Waals surface area contributed by atoms with Crippen LogP contribution in [0.3, 0.4) is 0 Å². The minimum Gasteiger partial charge on any atom is -0.462 e. The third-order valence-electron chi connectivity index (χ3n) is 19.3. The molecule has 5 atom stereocenters. The number of esters is 4. The van der Waals surface area contributed by atoms with Crippen molar-refractivity contribution in [2.45, 2.75) is 457 Å². The fourth-order valence-corrected chi connectivity index (χ4v) is 14.3. The molecule has 19 heteroatoms. The third kappa shape index (κ3) is 76.1. The first-order valence-electron chi connectivity index (χ1n) is 42.6. The molecule has 3 N–H and O–H groups in total. The molecule has 0 rings (SSSR count). The molecule has 0 aromatic rings. The predicted octanol–water partition coefficient (Wildman–Crippen LogP) is 24.8. The fourth-order valence-electron chi connectivity index (χ4n) is 12.8. The van der Waals surface area contributed by atoms with E-state index in [1.807, 2.05) is 0 Å². The summed E-state index contributed by atoms with van der Waals surface area (Å²) < 4.78 is 68.7. The average Bonchev–Trinajstić information content (AvgIpc) is 1.09. The van der Waals surface area contributed by atoms with Gasteiger partial charge in [-0.05, 0) is 31.6 Å². The lowest BCUT2D eigenvalue weighted by molar-refractivity contribution is -0.161. The zero-order valence-corrected chi connectivity index (χ0v) is 67.8. The van der Waals surface area contributed by atoms with Gasteiger partial charge >= 0.3 is 39.5 Å². The maximum Gasteiger partial charge on any atom is 0.472 e. The summed E-state index contributed by atoms with van der Waals surface area (Å²) in [6.07, 6.45) is 66.9. The number of aliphatic hydroxyl groups is 1. The molecule has 0 saturated carbocycles. The molecule has 0 fully saturated rings. The van der Waals surface area contributed by atoms with Crippen molar-refractivity contribution < 1.29 is 80.2 Å². The lowest BCUT2D eigenvalue weighted by Crippen LogP contribution is -2.30. The van der Waals surface area contributed by atoms with Gasteiger partial charge in [0.1, 0.15) is 19.3 Å². The van der Waals surface area contributed by atoms with Crippen LogP contribution in [0.15, 0.2) is 0 Å². The summed E-state index contributed by atoms with van der Waals surface area (Å²) in [6, 6.07) is 0. The number of phosphoric acid groups is 2. The number of unbranched alkanes of at least 4 members (excludes halogenated alkanes) is 54. The number of hydrogen-bond acceptors (Lipinski definition) is 15. The molecule has 0 aromatic heterocycles. The first-order valence-corrected chi connectivity index (χ1v) is 45.6. The fraction of sp³-hybridized carbons (Fsp3) is 0.951. The Labute approximate surface area is 619 Å². The van der Waals surface area contributed by atoms with Gasteiger partial charge in [0, 0.05) is 25.7 Å². The molecule has 600 valence electrons. The third-order valence-corrected chi connectivity index (χ3v) is 21.2. The first-order chi connectivity index (χ1) is 49.0. The van der Waals surface area contributed by atoms with Gasteiger partial charge in [-0.1, -0.05) is 388 Å². The van der Waals surface area contributed by atoms with Gasteiger partial charge in [0.2, 0.25) is 0 Å². The van der Waals surface area contributed by atoms with Crippen LogP contribution in [0.5, 0.6) is 0 Å². The Kier molecular flexibility index (Phi) is 73.5. The zero-order chi connectivity index (χ0) is 74.1. The van der Waals surface area contributed by atoms with Crippen LogP contribution in [0.2, 0.25) is 0 Å². The molecule has 0 saturated heterocycles. The second kappa shape index (κ2) is 74.9. The van der Waals surface area contributed by atoms with E-state index in [0.29, 0.717) is 31.6 Å². The van der Waals surface area contributed by atoms with Gasteiger partial charge < -0.3 is 33.8 Å². The van der Waals surface area contributed by atoms with Crippen LogP contribution in [0, 0.1) is 5.92 Å². The molecule has 0 aromatic carbocycles. The van der Waals surface area contributed by atoms with E-state index < -0.39 is 97.5 Å². The highest BCUT2D eigenvalue weighted by atomic mass is 31.2. The monoisotopic (exact) mass is 1480 g/mol. The van der Waals surface area contributed by atoms with E-state index in [1.54, 1.807) is 0 Å². The van der Waals surface area contributed by atoms with E-state index in [0.717, 1.165) is 96.3 Å². The molecule has 0 aliphatic rings. The Morgan fingerprint density at radius 1 is 0.267 bits per heavy atom. The smallest absolute Gasteiger partial charge is 0.462 e. The van der Waals surface area contributed by atoms with Crippen LogP contribution in [0.4, 0.5) is 0 Å². The normalized spacial score (nSPS) is 13.8. The van der Waals surface area contributed by atoms with Crippen molar-refractivity contribution in [3.63, 3.8) is 0 Å². The zero-order valence-electron chi connectivity index (χ0n) is 66.1. The van der Waals surface area contributed by atoms with Crippen LogP contribution in [-0.2, 0) is 65.4 Å². The highest BCUT2D eigenvalue weighted by Gasteiger charge is 2.30. The van der Waals surface area contributed by atoms with Gasteiger partial charge in [-0.15, -0.1) is 0 Å². The molecule has 0 radical (unpaired) electrons. The lowest BCUT2D eigenvalue weighted by Gasteiger charge is -2.21. The van der Waals surface area contributed by atoms with Crippen LogP contribution in [0.1, 0.15) is 439 Å². The topological polar surface area (TPSA) is 237 Å². The minimum atomic E-state index is -4.96. The van der Waals surface area contributed by atoms with Gasteiger partial charge in [-0.3, -0.25) is 37.3 Å². The summed E-state index contributed by atoms with van der Waals surface area (Å²) in [6.45, 7) is 7.25. The molecule has 101 heavy (non-hydrogen) atoms. The SMILES string of the molecule is CCCCCCCCCCCCCCCCCCCCCCC(=O)O[C@H](COC(=O)CCCCCCCCCCCCCCCCCCCCC)COP(=O)(O)OC[C@@H](O)COP(=O)(O)OC[C@@H](COC(=O)CCCCCCCCC(C)C)OC(=O)CCCCCCCCCCCCCCC. The van der Waals surface area contributed by atoms with E-state index in [2.05, 4.69) is 34.6 Å². The van der Waals surface area contributed by atoms with Gasteiger partial charge in [0.05, 0.1) is 26.4 Å². The number of hydrogen-bond donors (Lipinski definition) is 3. The maximum atomic E-state index is 13.1. The van der Waals surface area contributed by atoms with Crippen LogP contribution < -0.4 is 0 Å². The Balaban J connectivity index is 5.20. The quantitative estimate of drug-likeness (QED) is 0.0222. The maximum absolute atomic E-state index is 13.1. The van der Waals surface area contributed by atoms with Crippen LogP contribution in [-0.4, -0.2) is 96.7 Å². The van der Waals surface area contributed by atoms with E-state index in [9.17, 15) is 43.2 Å². The number of phosphoric ester groups is 2. The molecule has 2 unspecified atom stereocenters. The van der Waals surface area contributed by atoms with Crippen LogP contribution >= 0.6 is 15.6 Å². The second-order valence-electron chi connectivity index (χ2n) is 30.0. The van der Waals surface area contributed by atoms with Crippen molar-refractivity contribution in [2.24, 2.45) is 5.92 Å². The van der Waals surface area contributed by atoms with Gasteiger partial charge in [-0.25, -0.2) is 9.13 Å². The van der Waals surface area contributed by atoms with Crippen molar-refractivity contribution in [1.82, 2.24) is 0 Å². The number of carbonyl (C=O) groups excluding carboxylic acids is 4. The Morgan fingerprint density at radius 2 is 0.455 bits per heavy atom. The summed E-state index contributed by atoms with van der Waals surface area (Å²) in [5, 5.41) is 10.6. The summed E-state index contributed by atoms with van der Waals surface area (Å²) >= 11 is 0. The van der Waals surface area contributed by atoms with Crippen molar-refractivity contribution in [2.75, 3.05) is 39.6 Å². The lowest BCUT2D eigenvalue weighted by atomic mass is 10.0. The molecule has 0 spiro atoms. The molecular weight excluding hydrogens is 1320 g/mol.